The van der Waals surface area contributed by atoms with E-state index in [4.69, 9.17) is 4.74 Å². The van der Waals surface area contributed by atoms with Gasteiger partial charge in [0.2, 0.25) is 0 Å². The fraction of sp³-hybridized carbons (Fsp3) is 0.136. The molecule has 9 nitrogen and oxygen atoms in total. The predicted molar refractivity (Wildman–Crippen MR) is 124 cm³/mol. The Balaban J connectivity index is 1.97. The molecule has 0 heterocycles. The Labute approximate surface area is 185 Å². The van der Waals surface area contributed by atoms with Gasteiger partial charge in [0.25, 0.3) is 15.7 Å². The van der Waals surface area contributed by atoms with Gasteiger partial charge in [-0.25, -0.2) is 8.42 Å². The maximum absolute atomic E-state index is 13.1. The average Bonchev–Trinajstić information content (AvgIpc) is 2.76. The largest absolute Gasteiger partial charge is 0.496 e. The summed E-state index contributed by atoms with van der Waals surface area (Å²) < 4.78 is 34.0. The number of non-ortho nitro benzene ring substituents is 1. The van der Waals surface area contributed by atoms with E-state index in [1.807, 2.05) is 19.1 Å². The lowest BCUT2D eigenvalue weighted by Gasteiger charge is -2.14. The molecule has 10 heteroatoms. The summed E-state index contributed by atoms with van der Waals surface area (Å²) in [5.41, 5.74) is 5.15. The van der Waals surface area contributed by atoms with Crippen molar-refractivity contribution in [2.45, 2.75) is 18.7 Å². The molecule has 0 spiro atoms. The molecule has 0 bridgehead atoms. The molecule has 0 radical (unpaired) electrons. The summed E-state index contributed by atoms with van der Waals surface area (Å²) in [4.78, 5) is 10.3. The van der Waals surface area contributed by atoms with Crippen molar-refractivity contribution in [2.24, 2.45) is 5.10 Å². The number of sulfonamides is 1. The summed E-state index contributed by atoms with van der Waals surface area (Å²) in [5.74, 6) is 0.589. The number of nitro groups is 1. The zero-order chi connectivity index (χ0) is 23.3. The minimum atomic E-state index is -4.16. The zero-order valence-electron chi connectivity index (χ0n) is 17.7. The molecule has 3 aromatic rings. The van der Waals surface area contributed by atoms with Crippen molar-refractivity contribution in [3.8, 4) is 5.75 Å². The van der Waals surface area contributed by atoms with Gasteiger partial charge in [0.1, 0.15) is 10.6 Å². The molecule has 166 valence electrons. The summed E-state index contributed by atoms with van der Waals surface area (Å²) in [5, 5.41) is 15.3. The number of rotatable bonds is 8. The fourth-order valence-electron chi connectivity index (χ4n) is 3.01. The third-order valence-corrected chi connectivity index (χ3v) is 6.02. The number of hydrazone groups is 1. The number of nitrogens with zero attached hydrogens (tertiary/aromatic N) is 2. The molecule has 32 heavy (non-hydrogen) atoms. The maximum Gasteiger partial charge on any atom is 0.270 e. The first kappa shape index (κ1) is 22.8. The highest BCUT2D eigenvalue weighted by Gasteiger charge is 2.23. The van der Waals surface area contributed by atoms with E-state index in [-0.39, 0.29) is 16.3 Å². The van der Waals surface area contributed by atoms with Crippen LogP contribution in [0.1, 0.15) is 16.7 Å². The molecule has 0 unspecified atom stereocenters. The normalized spacial score (nSPS) is 11.3. The number of nitrogens with one attached hydrogen (secondary N) is 2. The van der Waals surface area contributed by atoms with Gasteiger partial charge in [0.15, 0.2) is 0 Å². The number of nitro benzene ring substituents is 1. The van der Waals surface area contributed by atoms with Gasteiger partial charge in [0.05, 0.1) is 29.6 Å². The second-order valence-corrected chi connectivity index (χ2v) is 8.62. The van der Waals surface area contributed by atoms with Gasteiger partial charge in [0, 0.05) is 17.7 Å². The number of para-hydroxylation sites is 1. The minimum absolute atomic E-state index is 0.0824. The topological polar surface area (TPSA) is 123 Å². The Morgan fingerprint density at radius 2 is 1.75 bits per heavy atom. The zero-order valence-corrected chi connectivity index (χ0v) is 18.5. The summed E-state index contributed by atoms with van der Waals surface area (Å²) in [6, 6.07) is 15.9. The van der Waals surface area contributed by atoms with E-state index in [0.717, 1.165) is 17.2 Å². The number of benzene rings is 3. The van der Waals surface area contributed by atoms with Gasteiger partial charge in [-0.05, 0) is 43.7 Å². The van der Waals surface area contributed by atoms with Crippen LogP contribution in [0.15, 0.2) is 70.7 Å². The van der Waals surface area contributed by atoms with Crippen molar-refractivity contribution < 1.29 is 18.1 Å². The van der Waals surface area contributed by atoms with Crippen molar-refractivity contribution in [1.29, 1.82) is 0 Å². The van der Waals surface area contributed by atoms with Crippen LogP contribution < -0.4 is 14.9 Å². The van der Waals surface area contributed by atoms with Gasteiger partial charge in [-0.3, -0.25) is 20.3 Å². The van der Waals surface area contributed by atoms with Crippen LogP contribution in [-0.4, -0.2) is 26.7 Å². The van der Waals surface area contributed by atoms with Crippen LogP contribution in [0, 0.1) is 24.0 Å². The van der Waals surface area contributed by atoms with E-state index in [0.29, 0.717) is 17.0 Å². The molecular weight excluding hydrogens is 432 g/mol. The molecular formula is C22H22N4O5S. The average molecular weight is 455 g/mol. The van der Waals surface area contributed by atoms with Crippen molar-refractivity contribution in [3.63, 3.8) is 0 Å². The monoisotopic (exact) mass is 454 g/mol. The van der Waals surface area contributed by atoms with Crippen LogP contribution in [0.3, 0.4) is 0 Å². The fourth-order valence-corrected chi connectivity index (χ4v) is 4.32. The van der Waals surface area contributed by atoms with Gasteiger partial charge < -0.3 is 4.74 Å². The molecule has 0 saturated carbocycles. The Morgan fingerprint density at radius 1 is 1.03 bits per heavy atom. The highest BCUT2D eigenvalue weighted by atomic mass is 32.2. The summed E-state index contributed by atoms with van der Waals surface area (Å²) >= 11 is 0. The van der Waals surface area contributed by atoms with E-state index in [2.05, 4.69) is 15.2 Å². The highest BCUT2D eigenvalue weighted by molar-refractivity contribution is 7.92. The van der Waals surface area contributed by atoms with E-state index >= 15 is 0 Å². The molecule has 2 N–H and O–H groups in total. The first-order valence-electron chi connectivity index (χ1n) is 9.52. The van der Waals surface area contributed by atoms with Crippen molar-refractivity contribution in [2.75, 3.05) is 17.3 Å². The Morgan fingerprint density at radius 3 is 2.44 bits per heavy atom. The summed E-state index contributed by atoms with van der Waals surface area (Å²) in [6.45, 7) is 3.67. The van der Waals surface area contributed by atoms with Crippen molar-refractivity contribution in [1.82, 2.24) is 0 Å². The maximum atomic E-state index is 13.1. The number of methoxy groups -OCH3 is 1. The molecule has 0 amide bonds. The molecule has 0 atom stereocenters. The smallest absolute Gasteiger partial charge is 0.270 e. The number of hydrogen-bond acceptors (Lipinski definition) is 7. The molecule has 0 aliphatic heterocycles. The lowest BCUT2D eigenvalue weighted by atomic mass is 10.1. The molecule has 3 aromatic carbocycles. The van der Waals surface area contributed by atoms with Crippen LogP contribution in [-0.2, 0) is 10.0 Å². The predicted octanol–water partition coefficient (Wildman–Crippen LogP) is 4.47. The van der Waals surface area contributed by atoms with E-state index in [9.17, 15) is 18.5 Å². The van der Waals surface area contributed by atoms with Gasteiger partial charge in [-0.1, -0.05) is 29.8 Å². The molecule has 0 saturated heterocycles. The summed E-state index contributed by atoms with van der Waals surface area (Å²) in [6.07, 6.45) is 1.47. The molecule has 0 aromatic heterocycles. The molecule has 0 fully saturated rings. The Kier molecular flexibility index (Phi) is 6.74. The molecule has 3 rings (SSSR count). The number of anilines is 2. The second-order valence-electron chi connectivity index (χ2n) is 6.97. The third-order valence-electron chi connectivity index (χ3n) is 4.62. The van der Waals surface area contributed by atoms with Gasteiger partial charge in [-0.2, -0.15) is 5.10 Å². The first-order chi connectivity index (χ1) is 15.2. The summed E-state index contributed by atoms with van der Waals surface area (Å²) in [7, 11) is -2.63. The van der Waals surface area contributed by atoms with Crippen LogP contribution in [0.2, 0.25) is 0 Å². The van der Waals surface area contributed by atoms with E-state index < -0.39 is 14.9 Å². The highest BCUT2D eigenvalue weighted by Crippen LogP contribution is 2.29. The van der Waals surface area contributed by atoms with Gasteiger partial charge >= 0.3 is 0 Å². The molecule has 0 aliphatic carbocycles. The van der Waals surface area contributed by atoms with Crippen LogP contribution in [0.4, 0.5) is 17.1 Å². The lowest BCUT2D eigenvalue weighted by molar-refractivity contribution is -0.385. The van der Waals surface area contributed by atoms with Crippen LogP contribution >= 0.6 is 0 Å². The van der Waals surface area contributed by atoms with Crippen molar-refractivity contribution in [3.05, 3.63) is 87.5 Å². The van der Waals surface area contributed by atoms with Crippen LogP contribution in [0.5, 0.6) is 5.75 Å². The van der Waals surface area contributed by atoms with Crippen LogP contribution in [0.25, 0.3) is 0 Å². The number of aryl methyl sites for hydroxylation is 2. The lowest BCUT2D eigenvalue weighted by Crippen LogP contribution is -2.16. The molecule has 0 aliphatic rings. The Hall–Kier alpha value is -3.92. The number of ether oxygens (including phenoxy) is 1. The minimum Gasteiger partial charge on any atom is -0.496 e. The standard InChI is InChI=1S/C22H22N4O5S/c1-15-8-10-19(16(2)12-15)25-32(29,30)22-13-18(26(27)28)9-11-20(22)24-23-14-17-6-4-5-7-21(17)31-3/h4-14,24-25H,1-3H3. The number of hydrogen-bond donors (Lipinski definition) is 2. The van der Waals surface area contributed by atoms with Gasteiger partial charge in [-0.15, -0.1) is 0 Å². The second kappa shape index (κ2) is 9.48. The van der Waals surface area contributed by atoms with E-state index in [1.54, 1.807) is 37.3 Å². The first-order valence-corrected chi connectivity index (χ1v) is 11.0. The quantitative estimate of drug-likeness (QED) is 0.294. The Bertz CT molecular complexity index is 1290. The van der Waals surface area contributed by atoms with E-state index in [1.165, 1.54) is 25.5 Å². The SMILES string of the molecule is COc1ccccc1C=NNc1ccc([N+](=O)[O-])cc1S(=O)(=O)Nc1ccc(C)cc1C. The third kappa shape index (κ3) is 5.22. The van der Waals surface area contributed by atoms with Crippen molar-refractivity contribution >= 4 is 33.3 Å².